The van der Waals surface area contributed by atoms with Gasteiger partial charge in [-0.1, -0.05) is 25.7 Å². The highest BCUT2D eigenvalue weighted by Crippen LogP contribution is 2.42. The molecule has 0 aliphatic carbocycles. The van der Waals surface area contributed by atoms with Crippen molar-refractivity contribution in [3.8, 4) is 22.6 Å². The average Bonchev–Trinajstić information content (AvgIpc) is 3.16. The molecule has 0 aliphatic rings. The van der Waals surface area contributed by atoms with Crippen molar-refractivity contribution in [3.63, 3.8) is 0 Å². The minimum Gasteiger partial charge on any atom is -0.496 e. The van der Waals surface area contributed by atoms with Crippen molar-refractivity contribution in [1.29, 1.82) is 0 Å². The molecule has 10 heteroatoms. The van der Waals surface area contributed by atoms with Crippen LogP contribution in [-0.4, -0.2) is 62.7 Å². The van der Waals surface area contributed by atoms with Gasteiger partial charge in [-0.25, -0.2) is 9.78 Å². The molecule has 0 atom stereocenters. The number of rotatable bonds is 11. The Morgan fingerprint density at radius 3 is 2.44 bits per heavy atom. The van der Waals surface area contributed by atoms with Crippen LogP contribution in [0.1, 0.15) is 0 Å². The van der Waals surface area contributed by atoms with E-state index in [0.717, 1.165) is 22.6 Å². The minimum atomic E-state index is -1.21. The number of pyridine rings is 1. The van der Waals surface area contributed by atoms with Gasteiger partial charge in [0.1, 0.15) is 29.7 Å². The van der Waals surface area contributed by atoms with E-state index in [1.54, 1.807) is 20.3 Å². The number of aromatic nitrogens is 2. The lowest BCUT2D eigenvalue weighted by Crippen LogP contribution is -2.31. The van der Waals surface area contributed by atoms with Crippen molar-refractivity contribution in [2.75, 3.05) is 39.3 Å². The highest BCUT2D eigenvalue weighted by molar-refractivity contribution is 6.76. The largest absolute Gasteiger partial charge is 0.496 e. The summed E-state index contributed by atoms with van der Waals surface area (Å²) in [6.45, 7) is 7.96. The third-order valence-electron chi connectivity index (χ3n) is 5.29. The van der Waals surface area contributed by atoms with Gasteiger partial charge in [-0.15, -0.1) is 0 Å². The van der Waals surface area contributed by atoms with Crippen molar-refractivity contribution >= 4 is 31.0 Å². The Morgan fingerprint density at radius 1 is 1.12 bits per heavy atom. The van der Waals surface area contributed by atoms with E-state index >= 15 is 0 Å². The van der Waals surface area contributed by atoms with Crippen LogP contribution in [0.2, 0.25) is 25.7 Å². The molecule has 0 unspecified atom stereocenters. The topological polar surface area (TPSA) is 107 Å². The molecule has 0 saturated carbocycles. The first-order valence-electron chi connectivity index (χ1n) is 11.2. The number of aliphatic hydroxyl groups excluding tert-OH is 1. The zero-order valence-corrected chi connectivity index (χ0v) is 21.5. The molecule has 0 radical (unpaired) electrons. The molecule has 9 nitrogen and oxygen atoms in total. The molecule has 2 heterocycles. The number of benzene rings is 1. The van der Waals surface area contributed by atoms with Crippen LogP contribution in [0.3, 0.4) is 0 Å². The number of nitrogens with one attached hydrogen (secondary N) is 2. The van der Waals surface area contributed by atoms with E-state index in [9.17, 15) is 4.79 Å². The summed E-state index contributed by atoms with van der Waals surface area (Å²) in [5.41, 5.74) is 2.37. The van der Waals surface area contributed by atoms with Crippen molar-refractivity contribution in [2.24, 2.45) is 0 Å². The zero-order chi connectivity index (χ0) is 24.7. The number of amides is 2. The molecule has 0 bridgehead atoms. The van der Waals surface area contributed by atoms with Crippen molar-refractivity contribution in [2.45, 2.75) is 32.4 Å². The summed E-state index contributed by atoms with van der Waals surface area (Å²) in [5, 5.41) is 15.1. The number of hydrogen-bond acceptors (Lipinski definition) is 6. The van der Waals surface area contributed by atoms with Gasteiger partial charge in [0, 0.05) is 38.4 Å². The molecule has 3 rings (SSSR count). The maximum absolute atomic E-state index is 12.1. The second kappa shape index (κ2) is 11.4. The summed E-state index contributed by atoms with van der Waals surface area (Å²) in [4.78, 5) is 16.7. The summed E-state index contributed by atoms with van der Waals surface area (Å²) >= 11 is 0. The monoisotopic (exact) mass is 486 g/mol. The third kappa shape index (κ3) is 6.28. The molecule has 34 heavy (non-hydrogen) atoms. The Labute approximate surface area is 201 Å². The Kier molecular flexibility index (Phi) is 8.54. The number of urea groups is 1. The summed E-state index contributed by atoms with van der Waals surface area (Å²) in [6, 6.07) is 9.93. The van der Waals surface area contributed by atoms with Gasteiger partial charge in [0.15, 0.2) is 0 Å². The van der Waals surface area contributed by atoms with Crippen LogP contribution in [-0.2, 0) is 11.5 Å². The molecule has 3 aromatic rings. The minimum absolute atomic E-state index is 0.137. The molecule has 0 aliphatic heterocycles. The molecule has 0 saturated heterocycles. The number of aliphatic hydroxyl groups is 1. The molecular weight excluding hydrogens is 452 g/mol. The van der Waals surface area contributed by atoms with Crippen LogP contribution in [0.15, 0.2) is 36.5 Å². The predicted molar refractivity (Wildman–Crippen MR) is 136 cm³/mol. The number of nitrogens with zero attached hydrogens (tertiary/aromatic N) is 2. The van der Waals surface area contributed by atoms with Crippen LogP contribution in [0.5, 0.6) is 11.5 Å². The normalized spacial score (nSPS) is 11.5. The molecule has 184 valence electrons. The van der Waals surface area contributed by atoms with Gasteiger partial charge in [0.05, 0.1) is 26.4 Å². The van der Waals surface area contributed by atoms with Gasteiger partial charge in [0.25, 0.3) is 0 Å². The fourth-order valence-electron chi connectivity index (χ4n) is 3.52. The molecule has 1 aromatic carbocycles. The number of ether oxygens (including phenoxy) is 3. The van der Waals surface area contributed by atoms with E-state index in [2.05, 4.69) is 35.3 Å². The van der Waals surface area contributed by atoms with E-state index in [0.29, 0.717) is 36.3 Å². The molecular formula is C24H34N4O5Si. The number of anilines is 1. The fraction of sp³-hybridized carbons (Fsp3) is 0.417. The summed E-state index contributed by atoms with van der Waals surface area (Å²) in [7, 11) is 2.04. The van der Waals surface area contributed by atoms with Gasteiger partial charge in [-0.2, -0.15) is 0 Å². The molecule has 0 spiro atoms. The highest BCUT2D eigenvalue weighted by Gasteiger charge is 2.20. The van der Waals surface area contributed by atoms with Crippen LogP contribution >= 0.6 is 0 Å². The second-order valence-corrected chi connectivity index (χ2v) is 14.7. The van der Waals surface area contributed by atoms with E-state index in [1.165, 1.54) is 0 Å². The van der Waals surface area contributed by atoms with Gasteiger partial charge in [-0.05, 0) is 30.3 Å². The van der Waals surface area contributed by atoms with Crippen molar-refractivity contribution < 1.29 is 24.1 Å². The second-order valence-electron chi connectivity index (χ2n) is 9.07. The van der Waals surface area contributed by atoms with E-state index in [1.807, 2.05) is 35.0 Å². The van der Waals surface area contributed by atoms with E-state index < -0.39 is 14.1 Å². The Balaban J connectivity index is 2.02. The standard InChI is InChI=1S/C24H34N4O5Si/c1-31-19-7-6-8-20(32-2)22(19)18-15-28(16-33-13-14-34(3,4)5)23-17(18)9-10-21(26-23)27-24(30)25-11-12-29/h6-10,15,29H,11-14,16H2,1-5H3,(H2,25,26,27,30). The smallest absolute Gasteiger partial charge is 0.320 e. The Hall–Kier alpha value is -3.08. The maximum Gasteiger partial charge on any atom is 0.320 e. The number of carbonyl (C=O) groups excluding carboxylic acids is 1. The lowest BCUT2D eigenvalue weighted by atomic mass is 10.0. The number of fused-ring (bicyclic) bond motifs is 1. The molecule has 2 amide bonds. The first-order chi connectivity index (χ1) is 16.3. The predicted octanol–water partition coefficient (Wildman–Crippen LogP) is 4.15. The average molecular weight is 487 g/mol. The third-order valence-corrected chi connectivity index (χ3v) is 6.99. The van der Waals surface area contributed by atoms with Crippen LogP contribution in [0.4, 0.5) is 10.6 Å². The molecule has 0 fully saturated rings. The number of methoxy groups -OCH3 is 2. The van der Waals surface area contributed by atoms with Crippen molar-refractivity contribution in [3.05, 3.63) is 36.5 Å². The summed E-state index contributed by atoms with van der Waals surface area (Å²) in [6.07, 6.45) is 1.97. The lowest BCUT2D eigenvalue weighted by molar-refractivity contribution is 0.0899. The lowest BCUT2D eigenvalue weighted by Gasteiger charge is -2.15. The first-order valence-corrected chi connectivity index (χ1v) is 14.9. The Morgan fingerprint density at radius 2 is 1.82 bits per heavy atom. The Bertz CT molecular complexity index is 1100. The van der Waals surface area contributed by atoms with Crippen molar-refractivity contribution in [1.82, 2.24) is 14.9 Å². The maximum atomic E-state index is 12.1. The molecule has 2 aromatic heterocycles. The van der Waals surface area contributed by atoms with E-state index in [-0.39, 0.29) is 13.2 Å². The zero-order valence-electron chi connectivity index (χ0n) is 20.5. The van der Waals surface area contributed by atoms with Gasteiger partial charge < -0.3 is 29.2 Å². The number of carbonyl (C=O) groups is 1. The van der Waals surface area contributed by atoms with Crippen LogP contribution in [0, 0.1) is 0 Å². The van der Waals surface area contributed by atoms with Crippen LogP contribution in [0.25, 0.3) is 22.2 Å². The van der Waals surface area contributed by atoms with Gasteiger partial charge >= 0.3 is 6.03 Å². The van der Waals surface area contributed by atoms with Crippen LogP contribution < -0.4 is 20.1 Å². The highest BCUT2D eigenvalue weighted by atomic mass is 28.3. The van der Waals surface area contributed by atoms with Gasteiger partial charge in [0.2, 0.25) is 0 Å². The summed E-state index contributed by atoms with van der Waals surface area (Å²) < 4.78 is 19.2. The SMILES string of the molecule is COc1cccc(OC)c1-c1cn(COCC[Si](C)(C)C)c2nc(NC(=O)NCCO)ccc12. The quantitative estimate of drug-likeness (QED) is 0.278. The molecule has 3 N–H and O–H groups in total. The number of hydrogen-bond donors (Lipinski definition) is 3. The van der Waals surface area contributed by atoms with E-state index in [4.69, 9.17) is 19.3 Å². The van der Waals surface area contributed by atoms with Gasteiger partial charge in [-0.3, -0.25) is 5.32 Å². The first kappa shape index (κ1) is 25.5. The fourth-order valence-corrected chi connectivity index (χ4v) is 4.28. The summed E-state index contributed by atoms with van der Waals surface area (Å²) in [5.74, 6) is 1.76.